The van der Waals surface area contributed by atoms with E-state index in [1.165, 1.54) is 12.7 Å². The van der Waals surface area contributed by atoms with Gasteiger partial charge >= 0.3 is 5.97 Å². The van der Waals surface area contributed by atoms with Crippen molar-refractivity contribution in [3.63, 3.8) is 0 Å². The lowest BCUT2D eigenvalue weighted by molar-refractivity contribution is -0.139. The van der Waals surface area contributed by atoms with E-state index in [2.05, 4.69) is 17.7 Å². The van der Waals surface area contributed by atoms with Crippen molar-refractivity contribution in [2.24, 2.45) is 0 Å². The van der Waals surface area contributed by atoms with Crippen molar-refractivity contribution < 1.29 is 13.9 Å². The van der Waals surface area contributed by atoms with E-state index in [0.717, 1.165) is 23.0 Å². The van der Waals surface area contributed by atoms with Gasteiger partial charge in [0.05, 0.1) is 19.8 Å². The zero-order valence-corrected chi connectivity index (χ0v) is 9.45. The molecule has 3 nitrogen and oxygen atoms in total. The first-order valence-corrected chi connectivity index (χ1v) is 5.30. The van der Waals surface area contributed by atoms with Crippen molar-refractivity contribution in [2.75, 3.05) is 7.11 Å². The Balaban J connectivity index is 2.41. The van der Waals surface area contributed by atoms with Crippen LogP contribution in [0, 0.1) is 0 Å². The molecule has 0 aliphatic carbocycles. The first-order valence-electron chi connectivity index (χ1n) is 5.30. The summed E-state index contributed by atoms with van der Waals surface area (Å²) < 4.78 is 10.0. The lowest BCUT2D eigenvalue weighted by Gasteiger charge is -1.99. The van der Waals surface area contributed by atoms with Crippen LogP contribution >= 0.6 is 0 Å². The molecule has 0 N–H and O–H groups in total. The molecule has 0 amide bonds. The highest BCUT2D eigenvalue weighted by atomic mass is 16.5. The number of carbonyl (C=O) groups is 1. The molecule has 0 radical (unpaired) electrons. The first kappa shape index (κ1) is 10.7. The minimum absolute atomic E-state index is 0.246. The standard InChI is InChI=1S/C13H14O3/c1-3-9-4-5-12-11(6-9)10(8-16-12)7-13(14)15-2/h4-6,8H,3,7H2,1-2H3. The van der Waals surface area contributed by atoms with E-state index in [0.29, 0.717) is 0 Å². The Morgan fingerprint density at radius 2 is 2.25 bits per heavy atom. The Kier molecular flexibility index (Phi) is 2.95. The number of methoxy groups -OCH3 is 1. The largest absolute Gasteiger partial charge is 0.469 e. The molecular weight excluding hydrogens is 204 g/mol. The number of hydrogen-bond donors (Lipinski definition) is 0. The number of furan rings is 1. The quantitative estimate of drug-likeness (QED) is 0.743. The third kappa shape index (κ3) is 1.94. The van der Waals surface area contributed by atoms with Crippen LogP contribution in [-0.2, 0) is 22.4 Å². The lowest BCUT2D eigenvalue weighted by Crippen LogP contribution is -2.03. The number of aryl methyl sites for hydroxylation is 1. The van der Waals surface area contributed by atoms with E-state index in [-0.39, 0.29) is 12.4 Å². The second-order valence-corrected chi connectivity index (χ2v) is 3.70. The van der Waals surface area contributed by atoms with E-state index in [1.54, 1.807) is 6.26 Å². The van der Waals surface area contributed by atoms with E-state index in [1.807, 2.05) is 12.1 Å². The zero-order valence-electron chi connectivity index (χ0n) is 9.45. The lowest BCUT2D eigenvalue weighted by atomic mass is 10.1. The van der Waals surface area contributed by atoms with Gasteiger partial charge in [-0.15, -0.1) is 0 Å². The first-order chi connectivity index (χ1) is 7.74. The van der Waals surface area contributed by atoms with Crippen molar-refractivity contribution in [1.29, 1.82) is 0 Å². The van der Waals surface area contributed by atoms with E-state index in [4.69, 9.17) is 4.42 Å². The fraction of sp³-hybridized carbons (Fsp3) is 0.308. The summed E-state index contributed by atoms with van der Waals surface area (Å²) in [6.07, 6.45) is 2.86. The summed E-state index contributed by atoms with van der Waals surface area (Å²) in [6, 6.07) is 6.04. The van der Waals surface area contributed by atoms with E-state index >= 15 is 0 Å². The molecule has 16 heavy (non-hydrogen) atoms. The summed E-state index contributed by atoms with van der Waals surface area (Å²) in [5.41, 5.74) is 2.94. The van der Waals surface area contributed by atoms with Crippen LogP contribution in [0.25, 0.3) is 11.0 Å². The molecular formula is C13H14O3. The molecule has 0 fully saturated rings. The maximum Gasteiger partial charge on any atom is 0.310 e. The monoisotopic (exact) mass is 218 g/mol. The van der Waals surface area contributed by atoms with Gasteiger partial charge in [-0.1, -0.05) is 13.0 Å². The van der Waals surface area contributed by atoms with Crippen LogP contribution < -0.4 is 0 Å². The molecule has 0 unspecified atom stereocenters. The van der Waals surface area contributed by atoms with Crippen LogP contribution in [-0.4, -0.2) is 13.1 Å². The van der Waals surface area contributed by atoms with E-state index in [9.17, 15) is 4.79 Å². The van der Waals surface area contributed by atoms with Gasteiger partial charge < -0.3 is 9.15 Å². The molecule has 3 heteroatoms. The Hall–Kier alpha value is -1.77. The summed E-state index contributed by atoms with van der Waals surface area (Å²) in [6.45, 7) is 2.10. The molecule has 2 aromatic rings. The molecule has 1 aromatic carbocycles. The van der Waals surface area contributed by atoms with Gasteiger partial charge in [-0.2, -0.15) is 0 Å². The Morgan fingerprint density at radius 3 is 2.94 bits per heavy atom. The SMILES string of the molecule is CCc1ccc2occ(CC(=O)OC)c2c1. The molecule has 1 heterocycles. The second kappa shape index (κ2) is 4.39. The molecule has 0 aliphatic heterocycles. The smallest absolute Gasteiger partial charge is 0.310 e. The van der Waals surface area contributed by atoms with Gasteiger partial charge in [-0.25, -0.2) is 0 Å². The highest BCUT2D eigenvalue weighted by Crippen LogP contribution is 2.23. The number of esters is 1. The van der Waals surface area contributed by atoms with Crippen LogP contribution in [0.1, 0.15) is 18.1 Å². The Labute approximate surface area is 94.0 Å². The minimum atomic E-state index is -0.246. The number of benzene rings is 1. The molecule has 0 aliphatic rings. The molecule has 1 aromatic heterocycles. The van der Waals surface area contributed by atoms with Crippen LogP contribution in [0.15, 0.2) is 28.9 Å². The predicted molar refractivity (Wildman–Crippen MR) is 61.3 cm³/mol. The summed E-state index contributed by atoms with van der Waals surface area (Å²) >= 11 is 0. The van der Waals surface area contributed by atoms with E-state index < -0.39 is 0 Å². The van der Waals surface area contributed by atoms with Crippen molar-refractivity contribution in [3.05, 3.63) is 35.6 Å². The molecule has 0 bridgehead atoms. The summed E-state index contributed by atoms with van der Waals surface area (Å²) in [4.78, 5) is 11.2. The van der Waals surface area contributed by atoms with Crippen LogP contribution in [0.2, 0.25) is 0 Å². The fourth-order valence-corrected chi connectivity index (χ4v) is 1.71. The molecule has 0 saturated carbocycles. The fourth-order valence-electron chi connectivity index (χ4n) is 1.71. The van der Waals surface area contributed by atoms with Crippen LogP contribution in [0.4, 0.5) is 0 Å². The third-order valence-corrected chi connectivity index (χ3v) is 2.69. The van der Waals surface area contributed by atoms with Gasteiger partial charge in [0.15, 0.2) is 0 Å². The van der Waals surface area contributed by atoms with Gasteiger partial charge in [0.25, 0.3) is 0 Å². The third-order valence-electron chi connectivity index (χ3n) is 2.69. The number of carbonyl (C=O) groups excluding carboxylic acids is 1. The Bertz CT molecular complexity index is 511. The molecule has 84 valence electrons. The second-order valence-electron chi connectivity index (χ2n) is 3.70. The van der Waals surface area contributed by atoms with Crippen LogP contribution in [0.5, 0.6) is 0 Å². The van der Waals surface area contributed by atoms with Gasteiger partial charge in [-0.05, 0) is 24.1 Å². The van der Waals surface area contributed by atoms with Crippen molar-refractivity contribution >= 4 is 16.9 Å². The predicted octanol–water partition coefficient (Wildman–Crippen LogP) is 2.71. The maximum absolute atomic E-state index is 11.2. The average molecular weight is 218 g/mol. The van der Waals surface area contributed by atoms with Gasteiger partial charge in [-0.3, -0.25) is 4.79 Å². The normalized spacial score (nSPS) is 10.6. The average Bonchev–Trinajstić information content (AvgIpc) is 2.71. The van der Waals surface area contributed by atoms with Crippen molar-refractivity contribution in [3.8, 4) is 0 Å². The molecule has 0 atom stereocenters. The Morgan fingerprint density at radius 1 is 1.44 bits per heavy atom. The van der Waals surface area contributed by atoms with Gasteiger partial charge in [0, 0.05) is 10.9 Å². The molecule has 0 spiro atoms. The molecule has 2 rings (SSSR count). The zero-order chi connectivity index (χ0) is 11.5. The number of fused-ring (bicyclic) bond motifs is 1. The van der Waals surface area contributed by atoms with Crippen LogP contribution in [0.3, 0.4) is 0 Å². The number of hydrogen-bond acceptors (Lipinski definition) is 3. The van der Waals surface area contributed by atoms with Crippen molar-refractivity contribution in [1.82, 2.24) is 0 Å². The topological polar surface area (TPSA) is 39.4 Å². The highest BCUT2D eigenvalue weighted by molar-refractivity contribution is 5.86. The summed E-state index contributed by atoms with van der Waals surface area (Å²) in [5, 5.41) is 1.00. The number of ether oxygens (including phenoxy) is 1. The molecule has 0 saturated heterocycles. The maximum atomic E-state index is 11.2. The minimum Gasteiger partial charge on any atom is -0.469 e. The highest BCUT2D eigenvalue weighted by Gasteiger charge is 2.10. The van der Waals surface area contributed by atoms with Gasteiger partial charge in [0.1, 0.15) is 5.58 Å². The summed E-state index contributed by atoms with van der Waals surface area (Å²) in [5.74, 6) is -0.246. The summed E-state index contributed by atoms with van der Waals surface area (Å²) in [7, 11) is 1.39. The van der Waals surface area contributed by atoms with Crippen molar-refractivity contribution in [2.45, 2.75) is 19.8 Å². The van der Waals surface area contributed by atoms with Gasteiger partial charge in [0.2, 0.25) is 0 Å². The number of rotatable bonds is 3.